The Balaban J connectivity index is 2.07. The van der Waals surface area contributed by atoms with Crippen LogP contribution in [0.25, 0.3) is 0 Å². The number of rotatable bonds is 7. The fraction of sp³-hybridized carbons (Fsp3) is 0.278. The Morgan fingerprint density at radius 3 is 2.05 bits per heavy atom. The summed E-state index contributed by atoms with van der Waals surface area (Å²) in [7, 11) is 3.06. The highest BCUT2D eigenvalue weighted by atomic mass is 16.5. The van der Waals surface area contributed by atoms with Gasteiger partial charge in [-0.25, -0.2) is 0 Å². The zero-order valence-corrected chi connectivity index (χ0v) is 13.0. The molecule has 4 heteroatoms. The molecule has 0 N–H and O–H groups in total. The van der Waals surface area contributed by atoms with Crippen molar-refractivity contribution in [2.75, 3.05) is 20.8 Å². The van der Waals surface area contributed by atoms with E-state index in [9.17, 15) is 4.79 Å². The van der Waals surface area contributed by atoms with Gasteiger partial charge in [-0.05, 0) is 23.3 Å². The summed E-state index contributed by atoms with van der Waals surface area (Å²) >= 11 is 0. The van der Waals surface area contributed by atoms with E-state index in [1.807, 2.05) is 42.5 Å². The number of methoxy groups -OCH3 is 2. The van der Waals surface area contributed by atoms with Crippen LogP contribution in [0.4, 0.5) is 0 Å². The molecular formula is C18H21NO3. The van der Waals surface area contributed by atoms with Crippen LogP contribution in [-0.2, 0) is 22.6 Å². The molecule has 0 aliphatic rings. The maximum atomic E-state index is 11.6. The minimum Gasteiger partial charge on any atom is -0.497 e. The van der Waals surface area contributed by atoms with Crippen molar-refractivity contribution in [1.82, 2.24) is 4.90 Å². The van der Waals surface area contributed by atoms with Gasteiger partial charge in [-0.15, -0.1) is 0 Å². The second-order valence-electron chi connectivity index (χ2n) is 5.05. The maximum Gasteiger partial charge on any atom is 0.319 e. The highest BCUT2D eigenvalue weighted by molar-refractivity contribution is 5.71. The van der Waals surface area contributed by atoms with Crippen LogP contribution in [0.2, 0.25) is 0 Å². The van der Waals surface area contributed by atoms with E-state index in [0.29, 0.717) is 13.1 Å². The minimum absolute atomic E-state index is 0.232. The first kappa shape index (κ1) is 16.0. The van der Waals surface area contributed by atoms with Crippen LogP contribution in [-0.4, -0.2) is 31.6 Å². The van der Waals surface area contributed by atoms with Crippen LogP contribution in [0.5, 0.6) is 5.75 Å². The lowest BCUT2D eigenvalue weighted by Gasteiger charge is -2.21. The zero-order chi connectivity index (χ0) is 15.8. The molecule has 2 rings (SSSR count). The first-order valence-corrected chi connectivity index (χ1v) is 7.17. The van der Waals surface area contributed by atoms with E-state index in [-0.39, 0.29) is 12.5 Å². The molecule has 0 unspecified atom stereocenters. The molecule has 0 heterocycles. The largest absolute Gasteiger partial charge is 0.497 e. The molecule has 0 saturated carbocycles. The Labute approximate surface area is 131 Å². The van der Waals surface area contributed by atoms with Crippen LogP contribution in [0, 0.1) is 0 Å². The van der Waals surface area contributed by atoms with Gasteiger partial charge in [0.25, 0.3) is 0 Å². The molecule has 0 saturated heterocycles. The average Bonchev–Trinajstić information content (AvgIpc) is 2.56. The van der Waals surface area contributed by atoms with Crippen molar-refractivity contribution >= 4 is 5.97 Å². The highest BCUT2D eigenvalue weighted by Crippen LogP contribution is 2.14. The summed E-state index contributed by atoms with van der Waals surface area (Å²) in [5, 5.41) is 0. The van der Waals surface area contributed by atoms with Crippen molar-refractivity contribution in [2.45, 2.75) is 13.1 Å². The lowest BCUT2D eigenvalue weighted by atomic mass is 10.1. The quantitative estimate of drug-likeness (QED) is 0.737. The van der Waals surface area contributed by atoms with Crippen molar-refractivity contribution in [3.8, 4) is 5.75 Å². The summed E-state index contributed by atoms with van der Waals surface area (Å²) in [5.74, 6) is 0.593. The molecule has 0 radical (unpaired) electrons. The lowest BCUT2D eigenvalue weighted by Crippen LogP contribution is -2.29. The predicted octanol–water partition coefficient (Wildman–Crippen LogP) is 2.87. The van der Waals surface area contributed by atoms with Gasteiger partial charge >= 0.3 is 5.97 Å². The minimum atomic E-state index is -0.232. The Morgan fingerprint density at radius 1 is 0.909 bits per heavy atom. The second kappa shape index (κ2) is 8.20. The summed E-state index contributed by atoms with van der Waals surface area (Å²) in [5.41, 5.74) is 2.29. The van der Waals surface area contributed by atoms with Gasteiger partial charge in [-0.1, -0.05) is 42.5 Å². The van der Waals surface area contributed by atoms with Crippen LogP contribution in [0.1, 0.15) is 11.1 Å². The molecule has 0 aliphatic heterocycles. The molecule has 0 aromatic heterocycles. The van der Waals surface area contributed by atoms with Crippen molar-refractivity contribution in [3.05, 3.63) is 65.7 Å². The van der Waals surface area contributed by atoms with E-state index in [0.717, 1.165) is 11.3 Å². The molecule has 0 spiro atoms. The van der Waals surface area contributed by atoms with Gasteiger partial charge in [0.2, 0.25) is 0 Å². The summed E-state index contributed by atoms with van der Waals surface area (Å²) in [6, 6.07) is 18.0. The van der Waals surface area contributed by atoms with E-state index in [4.69, 9.17) is 9.47 Å². The number of hydrogen-bond acceptors (Lipinski definition) is 4. The topological polar surface area (TPSA) is 38.8 Å². The SMILES string of the molecule is COC(=O)CN(Cc1ccccc1)Cc1ccc(OC)cc1. The molecule has 0 fully saturated rings. The first-order valence-electron chi connectivity index (χ1n) is 7.17. The molecule has 2 aromatic rings. The van der Waals surface area contributed by atoms with Gasteiger partial charge in [0.15, 0.2) is 0 Å². The number of nitrogens with zero attached hydrogens (tertiary/aromatic N) is 1. The number of esters is 1. The Morgan fingerprint density at radius 2 is 1.50 bits per heavy atom. The zero-order valence-electron chi connectivity index (χ0n) is 13.0. The Hall–Kier alpha value is -2.33. The van der Waals surface area contributed by atoms with Crippen molar-refractivity contribution in [2.24, 2.45) is 0 Å². The van der Waals surface area contributed by atoms with E-state index in [2.05, 4.69) is 17.0 Å². The van der Waals surface area contributed by atoms with Crippen molar-refractivity contribution in [1.29, 1.82) is 0 Å². The number of carbonyl (C=O) groups excluding carboxylic acids is 1. The number of hydrogen-bond donors (Lipinski definition) is 0. The highest BCUT2D eigenvalue weighted by Gasteiger charge is 2.12. The Kier molecular flexibility index (Phi) is 5.98. The molecule has 0 aliphatic carbocycles. The van der Waals surface area contributed by atoms with Crippen LogP contribution >= 0.6 is 0 Å². The maximum absolute atomic E-state index is 11.6. The molecule has 116 valence electrons. The third-order valence-corrected chi connectivity index (χ3v) is 3.39. The van der Waals surface area contributed by atoms with Gasteiger partial charge in [-0.3, -0.25) is 9.69 Å². The van der Waals surface area contributed by atoms with Gasteiger partial charge in [0.1, 0.15) is 5.75 Å². The summed E-state index contributed by atoms with van der Waals surface area (Å²) in [6.07, 6.45) is 0. The van der Waals surface area contributed by atoms with Crippen LogP contribution < -0.4 is 4.74 Å². The predicted molar refractivity (Wildman–Crippen MR) is 85.6 cm³/mol. The summed E-state index contributed by atoms with van der Waals surface area (Å²) in [4.78, 5) is 13.7. The fourth-order valence-corrected chi connectivity index (χ4v) is 2.25. The fourth-order valence-electron chi connectivity index (χ4n) is 2.25. The van der Waals surface area contributed by atoms with Gasteiger partial charge in [-0.2, -0.15) is 0 Å². The van der Waals surface area contributed by atoms with Crippen LogP contribution in [0.15, 0.2) is 54.6 Å². The molecule has 0 bridgehead atoms. The van der Waals surface area contributed by atoms with Crippen LogP contribution in [0.3, 0.4) is 0 Å². The van der Waals surface area contributed by atoms with Crippen molar-refractivity contribution in [3.63, 3.8) is 0 Å². The van der Waals surface area contributed by atoms with Gasteiger partial charge in [0.05, 0.1) is 20.8 Å². The smallest absolute Gasteiger partial charge is 0.319 e. The first-order chi connectivity index (χ1) is 10.7. The molecule has 0 atom stereocenters. The Bertz CT molecular complexity index is 581. The summed E-state index contributed by atoms with van der Waals surface area (Å²) in [6.45, 7) is 1.63. The monoisotopic (exact) mass is 299 g/mol. The van der Waals surface area contributed by atoms with Gasteiger partial charge in [0, 0.05) is 13.1 Å². The van der Waals surface area contributed by atoms with E-state index < -0.39 is 0 Å². The third kappa shape index (κ3) is 4.90. The van der Waals surface area contributed by atoms with E-state index in [1.165, 1.54) is 12.7 Å². The molecule has 4 nitrogen and oxygen atoms in total. The van der Waals surface area contributed by atoms with Gasteiger partial charge < -0.3 is 9.47 Å². The van der Waals surface area contributed by atoms with E-state index in [1.54, 1.807) is 7.11 Å². The number of benzene rings is 2. The number of carbonyl (C=O) groups is 1. The standard InChI is InChI=1S/C18H21NO3/c1-21-17-10-8-16(9-11-17)13-19(14-18(20)22-2)12-15-6-4-3-5-7-15/h3-11H,12-14H2,1-2H3. The number of ether oxygens (including phenoxy) is 2. The molecule has 2 aromatic carbocycles. The second-order valence-corrected chi connectivity index (χ2v) is 5.05. The van der Waals surface area contributed by atoms with Crippen molar-refractivity contribution < 1.29 is 14.3 Å². The summed E-state index contributed by atoms with van der Waals surface area (Å²) < 4.78 is 9.96. The third-order valence-electron chi connectivity index (χ3n) is 3.39. The normalized spacial score (nSPS) is 10.5. The molecular weight excluding hydrogens is 278 g/mol. The van der Waals surface area contributed by atoms with E-state index >= 15 is 0 Å². The molecule has 0 amide bonds. The average molecular weight is 299 g/mol. The molecule has 22 heavy (non-hydrogen) atoms. The lowest BCUT2D eigenvalue weighted by molar-refractivity contribution is -0.142.